The standard InChI is InChI=1S/C20H17ClN4S/c1-11-14(10-22-25-11)17-9-16-19(26-17)18(12-5-4-6-12)24-20(23-16)13-7-2-3-8-15(13)21/h2-3,7-10H,4-6H2,1H3,(H,22,25)(H,23,24). The Morgan fingerprint density at radius 3 is 2.69 bits per heavy atom. The second kappa shape index (κ2) is 6.11. The Balaban J connectivity index is 1.65. The Hall–Kier alpha value is -2.37. The van der Waals surface area contributed by atoms with Crippen LogP contribution in [-0.2, 0) is 0 Å². The normalized spacial score (nSPS) is 16.0. The monoisotopic (exact) mass is 380 g/mol. The summed E-state index contributed by atoms with van der Waals surface area (Å²) in [5.74, 6) is 0.825. The third kappa shape index (κ3) is 2.50. The number of rotatable bonds is 2. The molecule has 1 fully saturated rings. The summed E-state index contributed by atoms with van der Waals surface area (Å²) in [6.45, 7) is 2.05. The first kappa shape index (κ1) is 15.9. The Labute approximate surface area is 160 Å². The molecule has 4 nitrogen and oxygen atoms in total. The Morgan fingerprint density at radius 2 is 2.00 bits per heavy atom. The molecule has 5 rings (SSSR count). The van der Waals surface area contributed by atoms with Gasteiger partial charge in [-0.1, -0.05) is 23.7 Å². The molecule has 26 heavy (non-hydrogen) atoms. The highest BCUT2D eigenvalue weighted by molar-refractivity contribution is 7.17. The van der Waals surface area contributed by atoms with Gasteiger partial charge in [0.05, 0.1) is 27.5 Å². The lowest BCUT2D eigenvalue weighted by molar-refractivity contribution is 0.664. The molecule has 0 bridgehead atoms. The fourth-order valence-electron chi connectivity index (χ4n) is 3.32. The topological polar surface area (TPSA) is 53.1 Å². The summed E-state index contributed by atoms with van der Waals surface area (Å²) in [4.78, 5) is 7.39. The SMILES string of the molecule is Cc1[nH]ncc1-c1cc2c(s1)C(=C1CCC1)N=C(c1ccccc1Cl)N2. The Morgan fingerprint density at radius 1 is 1.15 bits per heavy atom. The van der Waals surface area contributed by atoms with E-state index < -0.39 is 0 Å². The number of anilines is 1. The van der Waals surface area contributed by atoms with E-state index in [0.29, 0.717) is 5.02 Å². The van der Waals surface area contributed by atoms with Crippen LogP contribution in [0.3, 0.4) is 0 Å². The van der Waals surface area contributed by atoms with Gasteiger partial charge in [0.1, 0.15) is 5.84 Å². The van der Waals surface area contributed by atoms with Gasteiger partial charge in [-0.05, 0) is 50.0 Å². The quantitative estimate of drug-likeness (QED) is 0.584. The molecule has 0 saturated heterocycles. The van der Waals surface area contributed by atoms with Crippen molar-refractivity contribution in [3.05, 3.63) is 63.3 Å². The minimum absolute atomic E-state index is 0.710. The molecule has 0 radical (unpaired) electrons. The zero-order chi connectivity index (χ0) is 17.7. The van der Waals surface area contributed by atoms with Crippen molar-refractivity contribution in [2.45, 2.75) is 26.2 Å². The van der Waals surface area contributed by atoms with Crippen LogP contribution in [0.2, 0.25) is 5.02 Å². The summed E-state index contributed by atoms with van der Waals surface area (Å²) in [6.07, 6.45) is 5.40. The number of allylic oxidation sites excluding steroid dienone is 1. The van der Waals surface area contributed by atoms with E-state index in [1.165, 1.54) is 21.7 Å². The average molecular weight is 381 g/mol. The third-order valence-corrected chi connectivity index (χ3v) is 6.44. The number of benzene rings is 1. The highest BCUT2D eigenvalue weighted by atomic mass is 35.5. The lowest BCUT2D eigenvalue weighted by Crippen LogP contribution is -2.19. The van der Waals surface area contributed by atoms with Crippen LogP contribution in [-0.4, -0.2) is 16.0 Å². The minimum Gasteiger partial charge on any atom is -0.338 e. The minimum atomic E-state index is 0.710. The fourth-order valence-corrected chi connectivity index (χ4v) is 4.76. The number of thiophene rings is 1. The molecule has 0 spiro atoms. The van der Waals surface area contributed by atoms with Gasteiger partial charge in [-0.2, -0.15) is 5.10 Å². The summed E-state index contributed by atoms with van der Waals surface area (Å²) >= 11 is 8.19. The maximum atomic E-state index is 6.42. The van der Waals surface area contributed by atoms with Crippen molar-refractivity contribution in [2.24, 2.45) is 4.99 Å². The Bertz CT molecular complexity index is 1070. The number of hydrogen-bond acceptors (Lipinski definition) is 4. The molecular weight excluding hydrogens is 364 g/mol. The maximum absolute atomic E-state index is 6.42. The summed E-state index contributed by atoms with van der Waals surface area (Å²) in [5, 5.41) is 11.4. The zero-order valence-corrected chi connectivity index (χ0v) is 15.8. The third-order valence-electron chi connectivity index (χ3n) is 4.94. The second-order valence-corrected chi connectivity index (χ2v) is 8.09. The summed E-state index contributed by atoms with van der Waals surface area (Å²) < 4.78 is 0. The van der Waals surface area contributed by atoms with Gasteiger partial charge in [-0.15, -0.1) is 11.3 Å². The maximum Gasteiger partial charge on any atom is 0.139 e. The molecule has 3 heterocycles. The number of nitrogens with one attached hydrogen (secondary N) is 2. The number of nitrogens with zero attached hydrogens (tertiary/aromatic N) is 2. The highest BCUT2D eigenvalue weighted by Gasteiger charge is 2.27. The molecule has 130 valence electrons. The van der Waals surface area contributed by atoms with E-state index in [2.05, 4.69) is 21.6 Å². The van der Waals surface area contributed by atoms with Crippen molar-refractivity contribution in [1.29, 1.82) is 0 Å². The smallest absolute Gasteiger partial charge is 0.139 e. The van der Waals surface area contributed by atoms with Gasteiger partial charge in [0.2, 0.25) is 0 Å². The van der Waals surface area contributed by atoms with Crippen molar-refractivity contribution in [3.63, 3.8) is 0 Å². The van der Waals surface area contributed by atoms with Crippen molar-refractivity contribution < 1.29 is 0 Å². The molecule has 0 unspecified atom stereocenters. The largest absolute Gasteiger partial charge is 0.338 e. The molecule has 0 atom stereocenters. The van der Waals surface area contributed by atoms with Crippen LogP contribution in [0.1, 0.15) is 35.4 Å². The zero-order valence-electron chi connectivity index (χ0n) is 14.3. The second-order valence-electron chi connectivity index (χ2n) is 6.63. The molecule has 1 saturated carbocycles. The van der Waals surface area contributed by atoms with Crippen LogP contribution in [0.4, 0.5) is 5.69 Å². The van der Waals surface area contributed by atoms with Crippen LogP contribution in [0.15, 0.2) is 47.1 Å². The van der Waals surface area contributed by atoms with Gasteiger partial charge < -0.3 is 5.32 Å². The van der Waals surface area contributed by atoms with Crippen LogP contribution >= 0.6 is 22.9 Å². The predicted octanol–water partition coefficient (Wildman–Crippen LogP) is 5.87. The number of aromatic amines is 1. The molecule has 1 aromatic carbocycles. The van der Waals surface area contributed by atoms with Crippen LogP contribution in [0, 0.1) is 6.92 Å². The molecule has 3 aromatic rings. The van der Waals surface area contributed by atoms with Crippen molar-refractivity contribution in [3.8, 4) is 10.4 Å². The number of amidine groups is 1. The average Bonchev–Trinajstić information content (AvgIpc) is 3.19. The van der Waals surface area contributed by atoms with Crippen LogP contribution < -0.4 is 5.32 Å². The number of hydrogen-bond donors (Lipinski definition) is 2. The number of aryl methyl sites for hydroxylation is 1. The fraction of sp³-hybridized carbons (Fsp3) is 0.200. The molecule has 1 aliphatic carbocycles. The van der Waals surface area contributed by atoms with Crippen LogP contribution in [0.5, 0.6) is 0 Å². The first-order valence-corrected chi connectivity index (χ1v) is 9.87. The lowest BCUT2D eigenvalue weighted by Gasteiger charge is -2.24. The number of aliphatic imine (C=N–C) groups is 1. The molecule has 0 amide bonds. The molecule has 1 aliphatic heterocycles. The van der Waals surface area contributed by atoms with E-state index >= 15 is 0 Å². The van der Waals surface area contributed by atoms with E-state index in [1.807, 2.05) is 37.4 Å². The van der Waals surface area contributed by atoms with E-state index in [9.17, 15) is 0 Å². The number of fused-ring (bicyclic) bond motifs is 1. The van der Waals surface area contributed by atoms with E-state index in [0.717, 1.165) is 46.9 Å². The first-order valence-electron chi connectivity index (χ1n) is 8.68. The lowest BCUT2D eigenvalue weighted by atomic mass is 9.89. The van der Waals surface area contributed by atoms with Gasteiger partial charge >= 0.3 is 0 Å². The van der Waals surface area contributed by atoms with Crippen molar-refractivity contribution >= 4 is 40.2 Å². The van der Waals surface area contributed by atoms with E-state index in [4.69, 9.17) is 16.6 Å². The highest BCUT2D eigenvalue weighted by Crippen LogP contribution is 2.46. The molecule has 2 aliphatic rings. The number of halogens is 1. The summed E-state index contributed by atoms with van der Waals surface area (Å²) in [6, 6.07) is 10.0. The predicted molar refractivity (Wildman–Crippen MR) is 109 cm³/mol. The van der Waals surface area contributed by atoms with Gasteiger partial charge in [0.15, 0.2) is 0 Å². The van der Waals surface area contributed by atoms with E-state index in [-0.39, 0.29) is 0 Å². The Kier molecular flexibility index (Phi) is 3.72. The first-order chi connectivity index (χ1) is 12.7. The summed E-state index contributed by atoms with van der Waals surface area (Å²) in [5.41, 5.74) is 6.82. The van der Waals surface area contributed by atoms with Gasteiger partial charge in [0.25, 0.3) is 0 Å². The van der Waals surface area contributed by atoms with Gasteiger partial charge in [-0.25, -0.2) is 4.99 Å². The molecule has 2 aromatic heterocycles. The molecule has 6 heteroatoms. The van der Waals surface area contributed by atoms with Crippen molar-refractivity contribution in [1.82, 2.24) is 10.2 Å². The molecule has 2 N–H and O–H groups in total. The van der Waals surface area contributed by atoms with Crippen LogP contribution in [0.25, 0.3) is 16.1 Å². The van der Waals surface area contributed by atoms with Crippen molar-refractivity contribution in [2.75, 3.05) is 5.32 Å². The number of aromatic nitrogens is 2. The van der Waals surface area contributed by atoms with Gasteiger partial charge in [-0.3, -0.25) is 5.10 Å². The number of H-pyrrole nitrogens is 1. The van der Waals surface area contributed by atoms with Gasteiger partial charge in [0, 0.05) is 21.7 Å². The molecular formula is C20H17ClN4S. The summed E-state index contributed by atoms with van der Waals surface area (Å²) in [7, 11) is 0. The van der Waals surface area contributed by atoms with E-state index in [1.54, 1.807) is 11.3 Å².